The van der Waals surface area contributed by atoms with E-state index in [0.29, 0.717) is 19.3 Å². The second-order valence-corrected chi connectivity index (χ2v) is 5.41. The lowest BCUT2D eigenvalue weighted by Gasteiger charge is -2.38. The second kappa shape index (κ2) is 3.92. The maximum absolute atomic E-state index is 12.2. The summed E-state index contributed by atoms with van der Waals surface area (Å²) >= 11 is 0. The molecule has 0 aromatic rings. The molecule has 0 radical (unpaired) electrons. The van der Waals surface area contributed by atoms with Crippen LogP contribution in [-0.2, 0) is 19.1 Å². The van der Waals surface area contributed by atoms with Gasteiger partial charge in [-0.2, -0.15) is 0 Å². The number of ether oxygens (including phenoxy) is 2. The quantitative estimate of drug-likeness (QED) is 0.426. The zero-order valence-electron chi connectivity index (χ0n) is 10.6. The van der Waals surface area contributed by atoms with Crippen LogP contribution in [0.1, 0.15) is 39.0 Å². The van der Waals surface area contributed by atoms with E-state index in [1.165, 1.54) is 0 Å². The molecular weight excluding hydrogens is 232 g/mol. The van der Waals surface area contributed by atoms with Gasteiger partial charge in [-0.15, -0.1) is 0 Å². The molecule has 2 fully saturated rings. The molecule has 3 atom stereocenters. The SMILES string of the molecule is CCOC(=O)[C@@]12C[C@@H]3CCC=C[C@]3(CCC1=O)O2. The van der Waals surface area contributed by atoms with E-state index in [1.54, 1.807) is 6.92 Å². The molecule has 0 amide bonds. The van der Waals surface area contributed by atoms with Crippen molar-refractivity contribution in [1.29, 1.82) is 0 Å². The average Bonchev–Trinajstić information content (AvgIpc) is 2.67. The molecule has 18 heavy (non-hydrogen) atoms. The van der Waals surface area contributed by atoms with Gasteiger partial charge in [-0.25, -0.2) is 4.79 Å². The molecule has 4 heteroatoms. The van der Waals surface area contributed by atoms with E-state index in [4.69, 9.17) is 9.47 Å². The zero-order chi connectivity index (χ0) is 12.8. The average molecular weight is 250 g/mol. The molecule has 2 saturated heterocycles. The number of carbonyl (C=O) groups excluding carboxylic acids is 2. The number of ketones is 1. The Balaban J connectivity index is 1.98. The Bertz CT molecular complexity index is 428. The molecule has 4 nitrogen and oxygen atoms in total. The fraction of sp³-hybridized carbons (Fsp3) is 0.714. The predicted molar refractivity (Wildman–Crippen MR) is 63.9 cm³/mol. The summed E-state index contributed by atoms with van der Waals surface area (Å²) in [7, 11) is 0. The Morgan fingerprint density at radius 1 is 1.61 bits per heavy atom. The third kappa shape index (κ3) is 1.41. The van der Waals surface area contributed by atoms with Crippen LogP contribution >= 0.6 is 0 Å². The van der Waals surface area contributed by atoms with E-state index in [-0.39, 0.29) is 23.9 Å². The largest absolute Gasteiger partial charge is 0.464 e. The number of hydrogen-bond acceptors (Lipinski definition) is 4. The van der Waals surface area contributed by atoms with Gasteiger partial charge in [0.25, 0.3) is 0 Å². The van der Waals surface area contributed by atoms with Crippen molar-refractivity contribution in [1.82, 2.24) is 0 Å². The molecule has 0 saturated carbocycles. The fourth-order valence-corrected chi connectivity index (χ4v) is 3.57. The number of hydrogen-bond donors (Lipinski definition) is 0. The Morgan fingerprint density at radius 2 is 2.44 bits per heavy atom. The van der Waals surface area contributed by atoms with Crippen LogP contribution in [0.25, 0.3) is 0 Å². The number of fused-ring (bicyclic) bond motifs is 1. The first-order valence-corrected chi connectivity index (χ1v) is 6.71. The Labute approximate surface area is 106 Å². The van der Waals surface area contributed by atoms with E-state index in [1.807, 2.05) is 0 Å². The number of carbonyl (C=O) groups is 2. The summed E-state index contributed by atoms with van der Waals surface area (Å²) in [5, 5.41) is 0. The lowest BCUT2D eigenvalue weighted by atomic mass is 9.78. The second-order valence-electron chi connectivity index (χ2n) is 5.41. The van der Waals surface area contributed by atoms with E-state index < -0.39 is 11.6 Å². The third-order valence-electron chi connectivity index (χ3n) is 4.47. The Hall–Kier alpha value is -1.16. The van der Waals surface area contributed by atoms with Gasteiger partial charge in [-0.05, 0) is 32.1 Å². The summed E-state index contributed by atoms with van der Waals surface area (Å²) in [4.78, 5) is 24.3. The van der Waals surface area contributed by atoms with Crippen LogP contribution in [0.5, 0.6) is 0 Å². The smallest absolute Gasteiger partial charge is 0.346 e. The Kier molecular flexibility index (Phi) is 2.59. The summed E-state index contributed by atoms with van der Waals surface area (Å²) in [5.74, 6) is -0.315. The van der Waals surface area contributed by atoms with Gasteiger partial charge in [0.05, 0.1) is 12.2 Å². The third-order valence-corrected chi connectivity index (χ3v) is 4.47. The molecule has 0 aromatic carbocycles. The van der Waals surface area contributed by atoms with Crippen molar-refractivity contribution < 1.29 is 19.1 Å². The zero-order valence-corrected chi connectivity index (χ0v) is 10.6. The summed E-state index contributed by atoms with van der Waals surface area (Å²) in [6, 6.07) is 0. The van der Waals surface area contributed by atoms with Gasteiger partial charge in [0.2, 0.25) is 5.60 Å². The molecule has 3 aliphatic rings. The highest BCUT2D eigenvalue weighted by molar-refractivity contribution is 6.08. The number of esters is 1. The van der Waals surface area contributed by atoms with Crippen LogP contribution in [-0.4, -0.2) is 29.6 Å². The van der Waals surface area contributed by atoms with Crippen LogP contribution in [0.3, 0.4) is 0 Å². The van der Waals surface area contributed by atoms with Crippen molar-refractivity contribution in [2.24, 2.45) is 5.92 Å². The van der Waals surface area contributed by atoms with Crippen molar-refractivity contribution in [2.45, 2.75) is 50.2 Å². The topological polar surface area (TPSA) is 52.6 Å². The standard InChI is InChI=1S/C14H18O4/c1-2-17-12(16)14-9-10-5-3-4-7-13(10,18-14)8-6-11(14)15/h4,7,10H,2-3,5-6,8-9H2,1H3/t10-,13+,14+/m0/s1. The van der Waals surface area contributed by atoms with Crippen LogP contribution < -0.4 is 0 Å². The molecule has 1 aliphatic carbocycles. The molecule has 0 aromatic heterocycles. The van der Waals surface area contributed by atoms with Crippen LogP contribution in [0.4, 0.5) is 0 Å². The molecule has 0 unspecified atom stereocenters. The molecule has 98 valence electrons. The lowest BCUT2D eigenvalue weighted by Crippen LogP contribution is -2.53. The number of allylic oxidation sites excluding steroid dienone is 1. The van der Waals surface area contributed by atoms with Crippen molar-refractivity contribution >= 4 is 11.8 Å². The maximum atomic E-state index is 12.2. The first-order chi connectivity index (χ1) is 8.63. The summed E-state index contributed by atoms with van der Waals surface area (Å²) in [6.07, 6.45) is 7.78. The molecule has 2 bridgehead atoms. The van der Waals surface area contributed by atoms with Gasteiger partial charge in [-0.1, -0.05) is 12.2 Å². The normalized spacial score (nSPS) is 41.6. The van der Waals surface area contributed by atoms with Gasteiger partial charge in [0.15, 0.2) is 5.78 Å². The van der Waals surface area contributed by atoms with Crippen molar-refractivity contribution in [3.63, 3.8) is 0 Å². The number of Topliss-reactive ketones (excluding diaryl/α,β-unsaturated/α-hetero) is 1. The van der Waals surface area contributed by atoms with Crippen molar-refractivity contribution in [2.75, 3.05) is 6.61 Å². The van der Waals surface area contributed by atoms with E-state index in [2.05, 4.69) is 12.2 Å². The molecule has 2 heterocycles. The van der Waals surface area contributed by atoms with Crippen molar-refractivity contribution in [3.05, 3.63) is 12.2 Å². The van der Waals surface area contributed by atoms with Gasteiger partial charge in [-0.3, -0.25) is 4.79 Å². The molecule has 2 aliphatic heterocycles. The van der Waals surface area contributed by atoms with Gasteiger partial charge < -0.3 is 9.47 Å². The highest BCUT2D eigenvalue weighted by Gasteiger charge is 2.65. The first kappa shape index (κ1) is 11.9. The van der Waals surface area contributed by atoms with E-state index in [9.17, 15) is 9.59 Å². The molecule has 3 rings (SSSR count). The van der Waals surface area contributed by atoms with Gasteiger partial charge in [0, 0.05) is 12.8 Å². The van der Waals surface area contributed by atoms with E-state index >= 15 is 0 Å². The van der Waals surface area contributed by atoms with E-state index in [0.717, 1.165) is 12.8 Å². The minimum atomic E-state index is -1.31. The monoisotopic (exact) mass is 250 g/mol. The van der Waals surface area contributed by atoms with Crippen LogP contribution in [0.2, 0.25) is 0 Å². The molecule has 0 N–H and O–H groups in total. The Morgan fingerprint density at radius 3 is 3.22 bits per heavy atom. The van der Waals surface area contributed by atoms with Crippen molar-refractivity contribution in [3.8, 4) is 0 Å². The highest BCUT2D eigenvalue weighted by atomic mass is 16.6. The minimum Gasteiger partial charge on any atom is -0.464 e. The summed E-state index contributed by atoms with van der Waals surface area (Å²) in [5.41, 5.74) is -1.70. The maximum Gasteiger partial charge on any atom is 0.346 e. The van der Waals surface area contributed by atoms with Crippen LogP contribution in [0, 0.1) is 5.92 Å². The molecule has 1 spiro atoms. The first-order valence-electron chi connectivity index (χ1n) is 6.71. The fourth-order valence-electron chi connectivity index (χ4n) is 3.57. The van der Waals surface area contributed by atoms with Gasteiger partial charge in [0.1, 0.15) is 0 Å². The summed E-state index contributed by atoms with van der Waals surface area (Å²) in [6.45, 7) is 2.03. The number of rotatable bonds is 2. The minimum absolute atomic E-state index is 0.102. The van der Waals surface area contributed by atoms with Gasteiger partial charge >= 0.3 is 5.97 Å². The highest BCUT2D eigenvalue weighted by Crippen LogP contribution is 2.54. The molecular formula is C14H18O4. The van der Waals surface area contributed by atoms with Crippen LogP contribution in [0.15, 0.2) is 12.2 Å². The summed E-state index contributed by atoms with van der Waals surface area (Å²) < 4.78 is 11.1. The predicted octanol–water partition coefficient (Wildman–Crippen LogP) is 1.78. The lowest BCUT2D eigenvalue weighted by molar-refractivity contribution is -0.188.